The third kappa shape index (κ3) is 1.30. The molecule has 2 unspecified atom stereocenters. The van der Waals surface area contributed by atoms with Gasteiger partial charge in [0.2, 0.25) is 0 Å². The molecule has 17 heavy (non-hydrogen) atoms. The lowest BCUT2D eigenvalue weighted by molar-refractivity contribution is 0.224. The summed E-state index contributed by atoms with van der Waals surface area (Å²) in [4.78, 5) is 0. The first-order valence-corrected chi connectivity index (χ1v) is 6.79. The Morgan fingerprint density at radius 3 is 2.59 bits per heavy atom. The van der Waals surface area contributed by atoms with Crippen molar-refractivity contribution in [1.29, 1.82) is 0 Å². The molecule has 2 atom stereocenters. The zero-order valence-electron chi connectivity index (χ0n) is 13.7. The van der Waals surface area contributed by atoms with E-state index in [1.807, 2.05) is 6.92 Å². The van der Waals surface area contributed by atoms with E-state index in [-0.39, 0.29) is 10.8 Å². The average Bonchev–Trinajstić information content (AvgIpc) is 2.49. The minimum atomic E-state index is 0.0800. The number of fused-ring (bicyclic) bond motifs is 4. The van der Waals surface area contributed by atoms with Crippen LogP contribution in [0.4, 0.5) is 0 Å². The maximum absolute atomic E-state index is 8.48. The van der Waals surface area contributed by atoms with Crippen molar-refractivity contribution >= 4 is 0 Å². The molecule has 0 amide bonds. The van der Waals surface area contributed by atoms with Crippen LogP contribution in [0.15, 0.2) is 12.1 Å². The van der Waals surface area contributed by atoms with E-state index >= 15 is 0 Å². The highest BCUT2D eigenvalue weighted by Gasteiger charge is 2.53. The van der Waals surface area contributed by atoms with Gasteiger partial charge in [0.1, 0.15) is 0 Å². The van der Waals surface area contributed by atoms with Crippen LogP contribution in [0.5, 0.6) is 0 Å². The van der Waals surface area contributed by atoms with Crippen molar-refractivity contribution in [3.05, 3.63) is 34.3 Å². The van der Waals surface area contributed by atoms with Crippen LogP contribution < -0.4 is 0 Å². The van der Waals surface area contributed by atoms with Gasteiger partial charge in [-0.1, -0.05) is 32.9 Å². The number of rotatable bonds is 0. The molecule has 1 aromatic rings. The second kappa shape index (κ2) is 3.16. The van der Waals surface area contributed by atoms with Crippen LogP contribution in [0.25, 0.3) is 0 Å². The zero-order valence-corrected chi connectivity index (χ0v) is 11.7. The molecule has 0 aliphatic heterocycles. The quantitative estimate of drug-likeness (QED) is 0.613. The fourth-order valence-electron chi connectivity index (χ4n) is 4.21. The van der Waals surface area contributed by atoms with E-state index in [1.54, 1.807) is 0 Å². The molecule has 2 bridgehead atoms. The smallest absolute Gasteiger partial charge is 0.0591 e. The fourth-order valence-corrected chi connectivity index (χ4v) is 4.21. The minimum Gasteiger partial charge on any atom is -0.0591 e. The van der Waals surface area contributed by atoms with E-state index in [9.17, 15) is 0 Å². The molecule has 92 valence electrons. The second-order valence-electron chi connectivity index (χ2n) is 7.05. The van der Waals surface area contributed by atoms with Gasteiger partial charge in [-0.2, -0.15) is 0 Å². The topological polar surface area (TPSA) is 0 Å². The Morgan fingerprint density at radius 2 is 1.88 bits per heavy atom. The monoisotopic (exact) mass is 230 g/mol. The van der Waals surface area contributed by atoms with E-state index in [4.69, 9.17) is 2.74 Å². The predicted molar refractivity (Wildman–Crippen MR) is 73.5 cm³/mol. The molecule has 0 heterocycles. The van der Waals surface area contributed by atoms with Gasteiger partial charge in [-0.25, -0.2) is 0 Å². The van der Waals surface area contributed by atoms with E-state index in [0.29, 0.717) is 12.1 Å². The molecule has 3 rings (SSSR count). The summed E-state index contributed by atoms with van der Waals surface area (Å²) in [7, 11) is 0. The molecule has 0 saturated heterocycles. The maximum Gasteiger partial charge on any atom is 0.0626 e. The summed E-state index contributed by atoms with van der Waals surface area (Å²) >= 11 is 0. The Bertz CT molecular complexity index is 571. The van der Waals surface area contributed by atoms with Crippen LogP contribution >= 0.6 is 0 Å². The van der Waals surface area contributed by atoms with Crippen molar-refractivity contribution in [3.63, 3.8) is 0 Å². The Hall–Kier alpha value is -0.780. The highest BCUT2D eigenvalue weighted by atomic mass is 14.6. The number of benzene rings is 1. The van der Waals surface area contributed by atoms with E-state index in [1.165, 1.54) is 29.5 Å². The largest absolute Gasteiger partial charge is 0.0626 e. The summed E-state index contributed by atoms with van der Waals surface area (Å²) in [6, 6.07) is 0.938. The van der Waals surface area contributed by atoms with Crippen molar-refractivity contribution < 1.29 is 2.74 Å². The molecule has 2 aliphatic rings. The number of hydrogen-bond acceptors (Lipinski definition) is 0. The molecule has 0 radical (unpaired) electrons. The van der Waals surface area contributed by atoms with Crippen LogP contribution in [0.3, 0.4) is 0 Å². The minimum absolute atomic E-state index is 0.0800. The molecule has 0 aromatic heterocycles. The zero-order chi connectivity index (χ0) is 14.2. The van der Waals surface area contributed by atoms with Crippen LogP contribution in [0.2, 0.25) is 0 Å². The summed E-state index contributed by atoms with van der Waals surface area (Å²) in [6.45, 7) is 11.2. The van der Waals surface area contributed by atoms with E-state index in [0.717, 1.165) is 17.9 Å². The lowest BCUT2D eigenvalue weighted by Crippen LogP contribution is -2.36. The molecule has 2 aliphatic carbocycles. The van der Waals surface area contributed by atoms with Gasteiger partial charge in [0, 0.05) is 0 Å². The Morgan fingerprint density at radius 1 is 1.18 bits per heavy atom. The Kier molecular flexibility index (Phi) is 1.71. The summed E-state index contributed by atoms with van der Waals surface area (Å²) in [5.74, 6) is 0.765. The lowest BCUT2D eigenvalue weighted by atomic mass is 9.62. The molecule has 1 aromatic carbocycles. The molecule has 1 fully saturated rings. The van der Waals surface area contributed by atoms with Gasteiger partial charge < -0.3 is 0 Å². The summed E-state index contributed by atoms with van der Waals surface area (Å²) in [5, 5.41) is 0. The van der Waals surface area contributed by atoms with Crippen molar-refractivity contribution in [2.24, 2.45) is 11.3 Å². The van der Waals surface area contributed by atoms with Gasteiger partial charge >= 0.3 is 0 Å². The standard InChI is InChI=1S/C17H24/c1-11-6-7-15-14(12(11)2)8-13-9-16(3,4)17(15,5)10-13/h6-7,13H,8-10H2,1-5H3/i6D,7D. The van der Waals surface area contributed by atoms with E-state index in [2.05, 4.69) is 27.7 Å². The van der Waals surface area contributed by atoms with Crippen molar-refractivity contribution in [1.82, 2.24) is 0 Å². The molecular formula is C17H24. The third-order valence-corrected chi connectivity index (χ3v) is 5.73. The summed E-state index contributed by atoms with van der Waals surface area (Å²) in [5.41, 5.74) is 5.18. The van der Waals surface area contributed by atoms with Gasteiger partial charge in [-0.05, 0) is 72.1 Å². The van der Waals surface area contributed by atoms with Crippen LogP contribution in [-0.2, 0) is 11.8 Å². The summed E-state index contributed by atoms with van der Waals surface area (Å²) in [6.07, 6.45) is 3.57. The molecule has 1 saturated carbocycles. The molecule has 0 spiro atoms. The second-order valence-corrected chi connectivity index (χ2v) is 7.05. The van der Waals surface area contributed by atoms with Crippen LogP contribution in [0, 0.1) is 25.2 Å². The van der Waals surface area contributed by atoms with Gasteiger partial charge in [-0.3, -0.25) is 0 Å². The fraction of sp³-hybridized carbons (Fsp3) is 0.647. The Balaban J connectivity index is 2.38. The first-order chi connectivity index (χ1) is 8.69. The normalized spacial score (nSPS) is 35.2. The van der Waals surface area contributed by atoms with E-state index < -0.39 is 0 Å². The maximum atomic E-state index is 8.48. The molecule has 0 N–H and O–H groups in total. The highest BCUT2D eigenvalue weighted by molar-refractivity contribution is 5.47. The molecule has 0 heteroatoms. The van der Waals surface area contributed by atoms with Gasteiger partial charge in [-0.15, -0.1) is 0 Å². The third-order valence-electron chi connectivity index (χ3n) is 5.73. The first kappa shape index (κ1) is 9.19. The van der Waals surface area contributed by atoms with Gasteiger partial charge in [0.15, 0.2) is 0 Å². The van der Waals surface area contributed by atoms with Crippen molar-refractivity contribution in [2.45, 2.75) is 59.3 Å². The first-order valence-electron chi connectivity index (χ1n) is 7.79. The van der Waals surface area contributed by atoms with Gasteiger partial charge in [0.05, 0.1) is 2.74 Å². The number of hydrogen-bond donors (Lipinski definition) is 0. The summed E-state index contributed by atoms with van der Waals surface area (Å²) < 4.78 is 16.7. The van der Waals surface area contributed by atoms with Crippen molar-refractivity contribution in [2.75, 3.05) is 0 Å². The van der Waals surface area contributed by atoms with Crippen LogP contribution in [-0.4, -0.2) is 0 Å². The molecule has 0 nitrogen and oxygen atoms in total. The lowest BCUT2D eigenvalue weighted by Gasteiger charge is -2.42. The average molecular weight is 230 g/mol. The van der Waals surface area contributed by atoms with Crippen LogP contribution in [0.1, 0.15) is 58.6 Å². The SMILES string of the molecule is [2H]c1c([2H])c2c(c(C)c1C)CC1CC(C)(C)C2(C)C1. The van der Waals surface area contributed by atoms with Crippen molar-refractivity contribution in [3.8, 4) is 0 Å². The predicted octanol–water partition coefficient (Wildman–Crippen LogP) is 4.55. The molecular weight excluding hydrogens is 204 g/mol. The highest BCUT2D eigenvalue weighted by Crippen LogP contribution is 2.60. The van der Waals surface area contributed by atoms with Gasteiger partial charge in [0.25, 0.3) is 0 Å². The Labute approximate surface area is 108 Å².